The molecule has 1 saturated heterocycles. The average molecular weight is 297 g/mol. The Morgan fingerprint density at radius 2 is 1.48 bits per heavy atom. The van der Waals surface area contributed by atoms with Crippen molar-refractivity contribution in [2.24, 2.45) is 5.92 Å². The molecule has 2 heteroatoms. The van der Waals surface area contributed by atoms with Crippen molar-refractivity contribution in [3.05, 3.63) is 0 Å². The van der Waals surface area contributed by atoms with Crippen LogP contribution in [0, 0.1) is 5.92 Å². The van der Waals surface area contributed by atoms with Crippen molar-refractivity contribution in [3.63, 3.8) is 0 Å². The SMILES string of the molecule is CCCCCCCCCCNC(C)C1CCN(CC)CC1. The smallest absolute Gasteiger partial charge is 0.00679 e. The van der Waals surface area contributed by atoms with Crippen molar-refractivity contribution < 1.29 is 0 Å². The fraction of sp³-hybridized carbons (Fsp3) is 1.00. The van der Waals surface area contributed by atoms with Gasteiger partial charge in [-0.05, 0) is 58.3 Å². The minimum atomic E-state index is 0.716. The normalized spacial score (nSPS) is 19.0. The van der Waals surface area contributed by atoms with E-state index >= 15 is 0 Å². The molecule has 0 radical (unpaired) electrons. The fourth-order valence-electron chi connectivity index (χ4n) is 3.52. The molecular formula is C19H40N2. The van der Waals surface area contributed by atoms with Gasteiger partial charge in [-0.25, -0.2) is 0 Å². The molecule has 0 aromatic heterocycles. The molecule has 1 aliphatic rings. The third-order valence-corrected chi connectivity index (χ3v) is 5.28. The number of nitrogens with zero attached hydrogens (tertiary/aromatic N) is 1. The van der Waals surface area contributed by atoms with Crippen LogP contribution in [0.4, 0.5) is 0 Å². The summed E-state index contributed by atoms with van der Waals surface area (Å²) in [4.78, 5) is 2.59. The lowest BCUT2D eigenvalue weighted by Crippen LogP contribution is -2.42. The van der Waals surface area contributed by atoms with Gasteiger partial charge in [0.15, 0.2) is 0 Å². The first kappa shape index (κ1) is 19.0. The zero-order chi connectivity index (χ0) is 15.3. The summed E-state index contributed by atoms with van der Waals surface area (Å²) in [7, 11) is 0. The molecule has 21 heavy (non-hydrogen) atoms. The molecule has 2 nitrogen and oxygen atoms in total. The Morgan fingerprint density at radius 3 is 2.05 bits per heavy atom. The van der Waals surface area contributed by atoms with Crippen LogP contribution >= 0.6 is 0 Å². The number of hydrogen-bond acceptors (Lipinski definition) is 2. The van der Waals surface area contributed by atoms with E-state index in [9.17, 15) is 0 Å². The van der Waals surface area contributed by atoms with Gasteiger partial charge in [0.1, 0.15) is 0 Å². The second kappa shape index (κ2) is 12.5. The van der Waals surface area contributed by atoms with Crippen LogP contribution in [0.5, 0.6) is 0 Å². The standard InChI is InChI=1S/C19H40N2/c1-4-6-7-8-9-10-11-12-15-20-18(3)19-13-16-21(5-2)17-14-19/h18-20H,4-17H2,1-3H3. The number of hydrogen-bond donors (Lipinski definition) is 1. The topological polar surface area (TPSA) is 15.3 Å². The van der Waals surface area contributed by atoms with Crippen molar-refractivity contribution in [3.8, 4) is 0 Å². The molecule has 1 atom stereocenters. The van der Waals surface area contributed by atoms with Gasteiger partial charge in [-0.15, -0.1) is 0 Å². The minimum absolute atomic E-state index is 0.716. The summed E-state index contributed by atoms with van der Waals surface area (Å²) < 4.78 is 0. The number of rotatable bonds is 12. The van der Waals surface area contributed by atoms with Crippen LogP contribution < -0.4 is 5.32 Å². The van der Waals surface area contributed by atoms with Crippen molar-refractivity contribution >= 4 is 0 Å². The molecule has 126 valence electrons. The van der Waals surface area contributed by atoms with Crippen LogP contribution in [0.25, 0.3) is 0 Å². The first-order chi connectivity index (χ1) is 10.3. The number of likely N-dealkylation sites (tertiary alicyclic amines) is 1. The summed E-state index contributed by atoms with van der Waals surface area (Å²) in [6.07, 6.45) is 14.1. The molecule has 0 bridgehead atoms. The molecule has 0 spiro atoms. The van der Waals surface area contributed by atoms with E-state index in [1.165, 1.54) is 90.4 Å². The lowest BCUT2D eigenvalue weighted by atomic mass is 9.90. The zero-order valence-electron chi connectivity index (χ0n) is 15.0. The monoisotopic (exact) mass is 296 g/mol. The van der Waals surface area contributed by atoms with Gasteiger partial charge in [-0.3, -0.25) is 0 Å². The minimum Gasteiger partial charge on any atom is -0.314 e. The zero-order valence-corrected chi connectivity index (χ0v) is 15.0. The lowest BCUT2D eigenvalue weighted by molar-refractivity contribution is 0.169. The Hall–Kier alpha value is -0.0800. The summed E-state index contributed by atoms with van der Waals surface area (Å²) in [5, 5.41) is 3.78. The average Bonchev–Trinajstić information content (AvgIpc) is 2.53. The van der Waals surface area contributed by atoms with Crippen LogP contribution in [0.1, 0.15) is 85.0 Å². The van der Waals surface area contributed by atoms with Gasteiger partial charge < -0.3 is 10.2 Å². The molecular weight excluding hydrogens is 256 g/mol. The predicted molar refractivity (Wildman–Crippen MR) is 94.9 cm³/mol. The molecule has 0 aromatic carbocycles. The van der Waals surface area contributed by atoms with Crippen LogP contribution in [0.2, 0.25) is 0 Å². The third-order valence-electron chi connectivity index (χ3n) is 5.28. The molecule has 1 rings (SSSR count). The molecule has 0 aliphatic carbocycles. The van der Waals surface area contributed by atoms with Crippen molar-refractivity contribution in [1.82, 2.24) is 10.2 Å². The quantitative estimate of drug-likeness (QED) is 0.519. The van der Waals surface area contributed by atoms with E-state index in [1.54, 1.807) is 0 Å². The van der Waals surface area contributed by atoms with Gasteiger partial charge in [0.05, 0.1) is 0 Å². The Bertz CT molecular complexity index is 222. The van der Waals surface area contributed by atoms with Gasteiger partial charge in [-0.2, -0.15) is 0 Å². The summed E-state index contributed by atoms with van der Waals surface area (Å²) in [6.45, 7) is 12.0. The highest BCUT2D eigenvalue weighted by Crippen LogP contribution is 2.20. The number of unbranched alkanes of at least 4 members (excludes halogenated alkanes) is 7. The highest BCUT2D eigenvalue weighted by atomic mass is 15.1. The fourth-order valence-corrected chi connectivity index (χ4v) is 3.52. The Kier molecular flexibility index (Phi) is 11.3. The Balaban J connectivity index is 1.90. The number of nitrogens with one attached hydrogen (secondary N) is 1. The van der Waals surface area contributed by atoms with E-state index in [0.717, 1.165) is 5.92 Å². The highest BCUT2D eigenvalue weighted by molar-refractivity contribution is 4.79. The molecule has 1 aliphatic heterocycles. The van der Waals surface area contributed by atoms with E-state index in [1.807, 2.05) is 0 Å². The molecule has 0 aromatic rings. The first-order valence-electron chi connectivity index (χ1n) is 9.73. The lowest BCUT2D eigenvalue weighted by Gasteiger charge is -2.34. The summed E-state index contributed by atoms with van der Waals surface area (Å²) >= 11 is 0. The molecule has 1 heterocycles. The largest absolute Gasteiger partial charge is 0.314 e. The maximum Gasteiger partial charge on any atom is 0.00679 e. The van der Waals surface area contributed by atoms with E-state index in [-0.39, 0.29) is 0 Å². The maximum absolute atomic E-state index is 3.78. The second-order valence-corrected chi connectivity index (χ2v) is 6.99. The third kappa shape index (κ3) is 8.83. The molecule has 1 unspecified atom stereocenters. The highest BCUT2D eigenvalue weighted by Gasteiger charge is 2.22. The Morgan fingerprint density at radius 1 is 0.905 bits per heavy atom. The van der Waals surface area contributed by atoms with E-state index in [2.05, 4.69) is 31.0 Å². The number of piperidine rings is 1. The van der Waals surface area contributed by atoms with E-state index in [0.29, 0.717) is 6.04 Å². The van der Waals surface area contributed by atoms with Crippen molar-refractivity contribution in [2.45, 2.75) is 91.0 Å². The summed E-state index contributed by atoms with van der Waals surface area (Å²) in [5.41, 5.74) is 0. The molecule has 0 amide bonds. The first-order valence-corrected chi connectivity index (χ1v) is 9.73. The van der Waals surface area contributed by atoms with Crippen molar-refractivity contribution in [2.75, 3.05) is 26.2 Å². The van der Waals surface area contributed by atoms with Gasteiger partial charge in [0.25, 0.3) is 0 Å². The van der Waals surface area contributed by atoms with Crippen LogP contribution in [-0.4, -0.2) is 37.1 Å². The second-order valence-electron chi connectivity index (χ2n) is 6.99. The van der Waals surface area contributed by atoms with Crippen molar-refractivity contribution in [1.29, 1.82) is 0 Å². The van der Waals surface area contributed by atoms with Crippen LogP contribution in [0.3, 0.4) is 0 Å². The Labute approximate surface area is 134 Å². The van der Waals surface area contributed by atoms with Gasteiger partial charge in [-0.1, -0.05) is 58.8 Å². The van der Waals surface area contributed by atoms with Crippen LogP contribution in [-0.2, 0) is 0 Å². The molecule has 0 saturated carbocycles. The van der Waals surface area contributed by atoms with E-state index in [4.69, 9.17) is 0 Å². The van der Waals surface area contributed by atoms with Gasteiger partial charge >= 0.3 is 0 Å². The molecule has 1 fully saturated rings. The summed E-state index contributed by atoms with van der Waals surface area (Å²) in [5.74, 6) is 0.904. The molecule has 1 N–H and O–H groups in total. The van der Waals surface area contributed by atoms with Crippen LogP contribution in [0.15, 0.2) is 0 Å². The van der Waals surface area contributed by atoms with Gasteiger partial charge in [0.2, 0.25) is 0 Å². The summed E-state index contributed by atoms with van der Waals surface area (Å²) in [6, 6.07) is 0.716. The maximum atomic E-state index is 3.78. The predicted octanol–water partition coefficient (Wildman–Crippen LogP) is 4.84. The van der Waals surface area contributed by atoms with E-state index < -0.39 is 0 Å². The van der Waals surface area contributed by atoms with Gasteiger partial charge in [0, 0.05) is 6.04 Å².